The molecule has 0 unspecified atom stereocenters. The minimum atomic E-state index is -0.305. The van der Waals surface area contributed by atoms with E-state index in [1.54, 1.807) is 33.8 Å². The number of fused-ring (bicyclic) bond motifs is 1. The Bertz CT molecular complexity index is 1200. The number of amides is 1. The summed E-state index contributed by atoms with van der Waals surface area (Å²) in [5, 5.41) is 15.0. The van der Waals surface area contributed by atoms with Crippen molar-refractivity contribution in [2.45, 2.75) is 25.5 Å². The first-order chi connectivity index (χ1) is 16.0. The molecule has 1 fully saturated rings. The molecule has 1 N–H and O–H groups in total. The lowest BCUT2D eigenvalue weighted by molar-refractivity contribution is 0.0665. The molecule has 0 aliphatic carbocycles. The number of aliphatic hydroxyl groups is 1. The molecule has 33 heavy (non-hydrogen) atoms. The van der Waals surface area contributed by atoms with Crippen molar-refractivity contribution in [3.63, 3.8) is 0 Å². The van der Waals surface area contributed by atoms with E-state index < -0.39 is 0 Å². The summed E-state index contributed by atoms with van der Waals surface area (Å²) in [6.07, 6.45) is 3.55. The zero-order chi connectivity index (χ0) is 22.9. The first kappa shape index (κ1) is 21.8. The van der Waals surface area contributed by atoms with Gasteiger partial charge in [-0.05, 0) is 60.9 Å². The molecule has 1 saturated heterocycles. The Morgan fingerprint density at radius 3 is 2.67 bits per heavy atom. The van der Waals surface area contributed by atoms with Gasteiger partial charge in [0.05, 0.1) is 37.2 Å². The van der Waals surface area contributed by atoms with Crippen molar-refractivity contribution < 1.29 is 19.0 Å². The SMILES string of the molecule is O=C(c1nn(-c2ccc(Cl)cc2)c2c1COC/C2=C\c1ccc(F)cc1)N1CCC[C@H]1CO. The minimum absolute atomic E-state index is 0.0714. The number of likely N-dealkylation sites (tertiary alicyclic amines) is 1. The van der Waals surface area contributed by atoms with Gasteiger partial charge in [0.1, 0.15) is 5.82 Å². The van der Waals surface area contributed by atoms with Crippen LogP contribution in [0.15, 0.2) is 48.5 Å². The number of nitrogens with zero attached hydrogens (tertiary/aromatic N) is 3. The Morgan fingerprint density at radius 2 is 1.94 bits per heavy atom. The number of carbonyl (C=O) groups is 1. The van der Waals surface area contributed by atoms with Gasteiger partial charge in [-0.2, -0.15) is 5.10 Å². The van der Waals surface area contributed by atoms with Crippen LogP contribution in [0.4, 0.5) is 4.39 Å². The van der Waals surface area contributed by atoms with E-state index in [9.17, 15) is 14.3 Å². The fraction of sp³-hybridized carbons (Fsp3) is 0.280. The van der Waals surface area contributed by atoms with Crippen molar-refractivity contribution in [1.29, 1.82) is 0 Å². The lowest BCUT2D eigenvalue weighted by atomic mass is 10.0. The smallest absolute Gasteiger partial charge is 0.275 e. The summed E-state index contributed by atoms with van der Waals surface area (Å²) in [4.78, 5) is 15.2. The van der Waals surface area contributed by atoms with E-state index in [4.69, 9.17) is 21.4 Å². The molecule has 0 saturated carbocycles. The van der Waals surface area contributed by atoms with E-state index >= 15 is 0 Å². The summed E-state index contributed by atoms with van der Waals surface area (Å²) >= 11 is 6.09. The fourth-order valence-electron chi connectivity index (χ4n) is 4.49. The first-order valence-electron chi connectivity index (χ1n) is 10.9. The maximum absolute atomic E-state index is 13.5. The van der Waals surface area contributed by atoms with Crippen LogP contribution in [0.3, 0.4) is 0 Å². The molecule has 2 aromatic carbocycles. The minimum Gasteiger partial charge on any atom is -0.394 e. The third-order valence-electron chi connectivity index (χ3n) is 6.13. The number of benzene rings is 2. The van der Waals surface area contributed by atoms with Gasteiger partial charge in [0.2, 0.25) is 0 Å². The van der Waals surface area contributed by atoms with Crippen LogP contribution >= 0.6 is 11.6 Å². The molecule has 1 aromatic heterocycles. The topological polar surface area (TPSA) is 67.6 Å². The standard InChI is InChI=1S/C25H23ClFN3O3/c26-18-5-9-20(10-6-18)30-24-17(12-16-3-7-19(27)8-4-16)14-33-15-22(24)23(28-30)25(32)29-11-1-2-21(29)13-31/h3-10,12,21,31H,1-2,11,13-15H2/b17-12+/t21-/m0/s1. The molecule has 1 atom stereocenters. The first-order valence-corrected chi connectivity index (χ1v) is 11.3. The number of aromatic nitrogens is 2. The Labute approximate surface area is 195 Å². The van der Waals surface area contributed by atoms with Crippen molar-refractivity contribution in [3.8, 4) is 5.69 Å². The number of hydrogen-bond acceptors (Lipinski definition) is 4. The summed E-state index contributed by atoms with van der Waals surface area (Å²) in [5.74, 6) is -0.511. The van der Waals surface area contributed by atoms with Crippen LogP contribution in [-0.2, 0) is 11.3 Å². The maximum Gasteiger partial charge on any atom is 0.275 e. The normalized spacial score (nSPS) is 19.2. The van der Waals surface area contributed by atoms with Gasteiger partial charge in [0.15, 0.2) is 5.69 Å². The second kappa shape index (κ2) is 9.09. The molecular formula is C25H23ClFN3O3. The second-order valence-corrected chi connectivity index (χ2v) is 8.69. The Hall–Kier alpha value is -3.00. The van der Waals surface area contributed by atoms with Gasteiger partial charge in [0.25, 0.3) is 5.91 Å². The third kappa shape index (κ3) is 4.19. The molecule has 2 aliphatic rings. The largest absolute Gasteiger partial charge is 0.394 e. The molecule has 0 bridgehead atoms. The molecule has 3 aromatic rings. The fourth-order valence-corrected chi connectivity index (χ4v) is 4.61. The predicted molar refractivity (Wildman–Crippen MR) is 124 cm³/mol. The average molecular weight is 468 g/mol. The van der Waals surface area contributed by atoms with Gasteiger partial charge >= 0.3 is 0 Å². The van der Waals surface area contributed by atoms with Gasteiger partial charge in [-0.15, -0.1) is 0 Å². The quantitative estimate of drug-likeness (QED) is 0.620. The van der Waals surface area contributed by atoms with Crippen LogP contribution in [0.5, 0.6) is 0 Å². The van der Waals surface area contributed by atoms with Gasteiger partial charge in [-0.1, -0.05) is 23.7 Å². The highest BCUT2D eigenvalue weighted by Crippen LogP contribution is 2.34. The molecule has 0 spiro atoms. The van der Waals surface area contributed by atoms with Crippen LogP contribution in [0.25, 0.3) is 17.3 Å². The number of carbonyl (C=O) groups excluding carboxylic acids is 1. The van der Waals surface area contributed by atoms with Crippen LogP contribution in [-0.4, -0.2) is 51.5 Å². The summed E-state index contributed by atoms with van der Waals surface area (Å²) in [6.45, 7) is 1.10. The summed E-state index contributed by atoms with van der Waals surface area (Å²) in [5.41, 5.74) is 4.24. The highest BCUT2D eigenvalue weighted by Gasteiger charge is 2.35. The monoisotopic (exact) mass is 467 g/mol. The summed E-state index contributed by atoms with van der Waals surface area (Å²) in [7, 11) is 0. The Morgan fingerprint density at radius 1 is 1.18 bits per heavy atom. The highest BCUT2D eigenvalue weighted by molar-refractivity contribution is 6.30. The molecular weight excluding hydrogens is 445 g/mol. The average Bonchev–Trinajstić information content (AvgIpc) is 3.46. The van der Waals surface area contributed by atoms with Crippen LogP contribution in [0, 0.1) is 5.82 Å². The number of rotatable bonds is 4. The van der Waals surface area contributed by atoms with Crippen LogP contribution < -0.4 is 0 Å². The molecule has 3 heterocycles. The Kier molecular flexibility index (Phi) is 6.01. The van der Waals surface area contributed by atoms with Gasteiger partial charge < -0.3 is 14.7 Å². The van der Waals surface area contributed by atoms with E-state index in [1.807, 2.05) is 18.2 Å². The lowest BCUT2D eigenvalue weighted by Gasteiger charge is -2.23. The van der Waals surface area contributed by atoms with E-state index in [0.717, 1.165) is 35.4 Å². The van der Waals surface area contributed by atoms with Crippen molar-refractivity contribution in [1.82, 2.24) is 14.7 Å². The number of halogens is 2. The molecule has 6 nitrogen and oxygen atoms in total. The van der Waals surface area contributed by atoms with Crippen LogP contribution in [0.1, 0.15) is 40.2 Å². The molecule has 5 rings (SSSR count). The predicted octanol–water partition coefficient (Wildman–Crippen LogP) is 4.33. The van der Waals surface area contributed by atoms with Crippen LogP contribution in [0.2, 0.25) is 5.02 Å². The number of ether oxygens (including phenoxy) is 1. The van der Waals surface area contributed by atoms with Crippen molar-refractivity contribution in [3.05, 3.63) is 81.9 Å². The molecule has 0 radical (unpaired) electrons. The highest BCUT2D eigenvalue weighted by atomic mass is 35.5. The van der Waals surface area contributed by atoms with E-state index in [1.165, 1.54) is 12.1 Å². The third-order valence-corrected chi connectivity index (χ3v) is 6.38. The Balaban J connectivity index is 1.65. The maximum atomic E-state index is 13.5. The second-order valence-electron chi connectivity index (χ2n) is 8.26. The summed E-state index contributed by atoms with van der Waals surface area (Å²) in [6, 6.07) is 13.3. The molecule has 1 amide bonds. The molecule has 170 valence electrons. The zero-order valence-electron chi connectivity index (χ0n) is 17.9. The van der Waals surface area contributed by atoms with Gasteiger partial charge in [0, 0.05) is 22.7 Å². The van der Waals surface area contributed by atoms with E-state index in [0.29, 0.717) is 29.4 Å². The van der Waals surface area contributed by atoms with Gasteiger partial charge in [-0.3, -0.25) is 4.79 Å². The zero-order valence-corrected chi connectivity index (χ0v) is 18.6. The van der Waals surface area contributed by atoms with E-state index in [-0.39, 0.29) is 31.0 Å². The number of hydrogen-bond donors (Lipinski definition) is 1. The molecule has 2 aliphatic heterocycles. The van der Waals surface area contributed by atoms with Crippen molar-refractivity contribution in [2.75, 3.05) is 19.8 Å². The number of aliphatic hydroxyl groups excluding tert-OH is 1. The molecule has 8 heteroatoms. The van der Waals surface area contributed by atoms with Gasteiger partial charge in [-0.25, -0.2) is 9.07 Å². The summed E-state index contributed by atoms with van der Waals surface area (Å²) < 4.78 is 21.0. The van der Waals surface area contributed by atoms with E-state index in [2.05, 4.69) is 0 Å². The van der Waals surface area contributed by atoms with Crippen molar-refractivity contribution >= 4 is 29.2 Å². The van der Waals surface area contributed by atoms with Crippen molar-refractivity contribution in [2.24, 2.45) is 0 Å². The lowest BCUT2D eigenvalue weighted by Crippen LogP contribution is -2.38.